The lowest BCUT2D eigenvalue weighted by atomic mass is 14.0. The molecule has 1 atom stereocenters. The fraction of sp³-hybridized carbons (Fsp3) is 0. The summed E-state index contributed by atoms with van der Waals surface area (Å²) >= 11 is 0. The average Bonchev–Trinajstić information content (AvgIpc) is 0. The molecule has 8 heavy (non-hydrogen) atoms. The Morgan fingerprint density at radius 2 is 0.375 bits per heavy atom. The van der Waals surface area contributed by atoms with Gasteiger partial charge in [0, 0.05) is 0 Å². The van der Waals surface area contributed by atoms with Gasteiger partial charge < -0.3 is 6.15 Å². The molecule has 8 heteroatoms. The molecule has 64 valence electrons. The molecule has 1 unspecified atom stereocenters. The monoisotopic (exact) mass is 267 g/mol. The van der Waals surface area contributed by atoms with E-state index >= 15 is 0 Å². The van der Waals surface area contributed by atoms with Crippen molar-refractivity contribution in [3.8, 4) is 0 Å². The number of halogens is 6. The van der Waals surface area contributed by atoms with Crippen molar-refractivity contribution in [3.05, 3.63) is 0 Å². The molecule has 0 radical (unpaired) electrons. The molecule has 0 aromatic carbocycles. The second-order valence-electron chi connectivity index (χ2n) is 0. The van der Waals surface area contributed by atoms with E-state index in [4.69, 9.17) is 0 Å². The maximum Gasteiger partial charge on any atom is -0.147 e. The lowest BCUT2D eigenvalue weighted by Crippen LogP contribution is -0.481. The zero-order valence-electron chi connectivity index (χ0n) is 3.86. The lowest BCUT2D eigenvalue weighted by molar-refractivity contribution is 2.13. The highest BCUT2D eigenvalue weighted by Crippen LogP contribution is 0.861. The third kappa shape index (κ3) is 91.1. The predicted octanol–water partition coefficient (Wildman–Crippen LogP) is 2.75. The zero-order chi connectivity index (χ0) is 0. The normalized spacial score (nSPS) is 0. The quantitative estimate of drug-likeness (QED) is 0.675. The van der Waals surface area contributed by atoms with Gasteiger partial charge in [-0.1, -0.05) is 0 Å². The summed E-state index contributed by atoms with van der Waals surface area (Å²) in [6, 6.07) is 0. The van der Waals surface area contributed by atoms with Gasteiger partial charge in [0.15, 0.2) is 0 Å². The Hall–Kier alpha value is 2.13. The largest absolute Gasteiger partial charge is 0.344 e. The van der Waals surface area contributed by atoms with Crippen molar-refractivity contribution in [2.75, 3.05) is 0 Å². The number of rotatable bonds is 0. The smallest absolute Gasteiger partial charge is 0.147 e. The first kappa shape index (κ1) is 186. The topological polar surface area (TPSA) is 35.0 Å². The molecule has 0 spiro atoms. The standard InChI is InChI=1S/6ClH.H3N.H3P/h6*1H;2*1H3. The fourth-order valence-electron chi connectivity index (χ4n) is 0. The van der Waals surface area contributed by atoms with Gasteiger partial charge in [0.05, 0.1) is 0 Å². The molecule has 0 aromatic heterocycles. The van der Waals surface area contributed by atoms with E-state index in [1.165, 1.54) is 0 Å². The third-order valence-electron chi connectivity index (χ3n) is 0. The SMILES string of the molecule is Cl.Cl.Cl.Cl.Cl.Cl.N.P. The summed E-state index contributed by atoms with van der Waals surface area (Å²) in [7, 11) is 0. The van der Waals surface area contributed by atoms with Gasteiger partial charge in [-0.2, -0.15) is 9.90 Å². The molecule has 0 bridgehead atoms. The minimum atomic E-state index is 0. The van der Waals surface area contributed by atoms with Crippen molar-refractivity contribution in [1.82, 2.24) is 6.15 Å². The minimum absolute atomic E-state index is 0. The molecule has 0 fully saturated rings. The van der Waals surface area contributed by atoms with Crippen LogP contribution < -0.4 is 6.15 Å². The molecule has 1 nitrogen and oxygen atoms in total. The molecular weight excluding hydrogens is 258 g/mol. The summed E-state index contributed by atoms with van der Waals surface area (Å²) in [5.74, 6) is 0. The van der Waals surface area contributed by atoms with E-state index in [1.807, 2.05) is 0 Å². The molecule has 0 amide bonds. The van der Waals surface area contributed by atoms with Crippen LogP contribution in [-0.4, -0.2) is 0 Å². The average molecular weight is 270 g/mol. The Bertz CT molecular complexity index is 8.49. The van der Waals surface area contributed by atoms with Gasteiger partial charge in [-0.3, -0.25) is 0 Å². The predicted molar refractivity (Wildman–Crippen MR) is 59.6 cm³/mol. The highest BCUT2D eigenvalue weighted by Gasteiger charge is -0.141. The molecule has 0 heterocycles. The molecule has 0 aliphatic carbocycles. The number of hydrogen-bond acceptors (Lipinski definition) is 1. The molecule has 0 aromatic rings. The summed E-state index contributed by atoms with van der Waals surface area (Å²) in [4.78, 5) is 0. The summed E-state index contributed by atoms with van der Waals surface area (Å²) in [5.41, 5.74) is 0. The van der Waals surface area contributed by atoms with Crippen molar-refractivity contribution < 1.29 is 0 Å². The van der Waals surface area contributed by atoms with Gasteiger partial charge >= 0.3 is 0 Å². The van der Waals surface area contributed by atoms with E-state index in [1.54, 1.807) is 0 Å². The maximum atomic E-state index is 0. The molecule has 0 aliphatic rings. The summed E-state index contributed by atoms with van der Waals surface area (Å²) in [5, 5.41) is 0. The Kier molecular flexibility index (Phi) is 3090. The van der Waals surface area contributed by atoms with Crippen LogP contribution >= 0.6 is 84.3 Å². The van der Waals surface area contributed by atoms with Crippen molar-refractivity contribution in [3.63, 3.8) is 0 Å². The molecule has 3 N–H and O–H groups in total. The first-order chi connectivity index (χ1) is 0. The van der Waals surface area contributed by atoms with Crippen LogP contribution in [0.3, 0.4) is 0 Å². The minimum Gasteiger partial charge on any atom is -0.344 e. The van der Waals surface area contributed by atoms with Crippen molar-refractivity contribution in [1.29, 1.82) is 0 Å². The van der Waals surface area contributed by atoms with Crippen molar-refractivity contribution in [2.45, 2.75) is 0 Å². The lowest BCUT2D eigenvalue weighted by Gasteiger charge is -0.344. The highest BCUT2D eigenvalue weighted by atomic mass is 35.5. The van der Waals surface area contributed by atoms with Gasteiger partial charge in [0.25, 0.3) is 0 Å². The Morgan fingerprint density at radius 1 is 0.375 bits per heavy atom. The second kappa shape index (κ2) is 133. The van der Waals surface area contributed by atoms with Crippen LogP contribution in [-0.2, 0) is 0 Å². The Labute approximate surface area is 90.2 Å². The van der Waals surface area contributed by atoms with E-state index < -0.39 is 0 Å². The third-order valence-corrected chi connectivity index (χ3v) is 0. The van der Waals surface area contributed by atoms with Crippen LogP contribution in [0.4, 0.5) is 0 Å². The fourth-order valence-corrected chi connectivity index (χ4v) is 0. The van der Waals surface area contributed by atoms with Crippen LogP contribution in [0.25, 0.3) is 0 Å². The van der Waals surface area contributed by atoms with E-state index in [0.717, 1.165) is 0 Å². The first-order valence-electron chi connectivity index (χ1n) is 0. The van der Waals surface area contributed by atoms with Gasteiger partial charge in [-0.15, -0.1) is 74.4 Å². The van der Waals surface area contributed by atoms with E-state index in [2.05, 4.69) is 0 Å². The first-order valence-corrected chi connectivity index (χ1v) is 0. The molecular formula is H12Cl6NP. The molecule has 0 rings (SSSR count). The summed E-state index contributed by atoms with van der Waals surface area (Å²) in [6.45, 7) is 0. The maximum absolute atomic E-state index is 0. The van der Waals surface area contributed by atoms with Crippen LogP contribution in [0.15, 0.2) is 0 Å². The van der Waals surface area contributed by atoms with Gasteiger partial charge in [-0.25, -0.2) is 0 Å². The molecule has 0 saturated heterocycles. The van der Waals surface area contributed by atoms with Crippen molar-refractivity contribution >= 4 is 84.3 Å². The van der Waals surface area contributed by atoms with Crippen LogP contribution in [0.2, 0.25) is 0 Å². The van der Waals surface area contributed by atoms with E-state index in [0.29, 0.717) is 0 Å². The van der Waals surface area contributed by atoms with Gasteiger partial charge in [0.1, 0.15) is 0 Å². The highest BCUT2D eigenvalue weighted by molar-refractivity contribution is 6.92. The van der Waals surface area contributed by atoms with Crippen LogP contribution in [0.1, 0.15) is 0 Å². The second-order valence-corrected chi connectivity index (χ2v) is 0. The Balaban J connectivity index is 0. The number of hydrogen-bond donors (Lipinski definition) is 1. The van der Waals surface area contributed by atoms with Gasteiger partial charge in [-0.05, 0) is 0 Å². The molecule has 0 saturated carbocycles. The van der Waals surface area contributed by atoms with E-state index in [9.17, 15) is 0 Å². The van der Waals surface area contributed by atoms with Crippen LogP contribution in [0.5, 0.6) is 0 Å². The van der Waals surface area contributed by atoms with E-state index in [-0.39, 0.29) is 90.5 Å². The van der Waals surface area contributed by atoms with Crippen molar-refractivity contribution in [2.24, 2.45) is 0 Å². The Morgan fingerprint density at radius 3 is 0.375 bits per heavy atom. The molecule has 0 aliphatic heterocycles. The summed E-state index contributed by atoms with van der Waals surface area (Å²) < 4.78 is 0. The zero-order valence-corrected chi connectivity index (χ0v) is 10.2. The summed E-state index contributed by atoms with van der Waals surface area (Å²) in [6.07, 6.45) is 0. The van der Waals surface area contributed by atoms with Crippen LogP contribution in [0, 0.1) is 0 Å². The van der Waals surface area contributed by atoms with Gasteiger partial charge in [0.2, 0.25) is 0 Å².